The predicted molar refractivity (Wildman–Crippen MR) is 116 cm³/mol. The summed E-state index contributed by atoms with van der Waals surface area (Å²) >= 11 is 1.02. The molecule has 0 saturated carbocycles. The number of nitro groups is 1. The summed E-state index contributed by atoms with van der Waals surface area (Å²) in [5.74, 6) is -0.699. The molecule has 2 aromatic carbocycles. The number of halogens is 2. The van der Waals surface area contributed by atoms with E-state index >= 15 is 0 Å². The number of non-ortho nitro benzene ring substituents is 1. The minimum absolute atomic E-state index is 0.0498. The number of thiophene rings is 1. The monoisotopic (exact) mass is 489 g/mol. The number of carbonyl (C=O) groups excluding carboxylic acids is 1. The summed E-state index contributed by atoms with van der Waals surface area (Å²) in [6.45, 7) is 0. The van der Waals surface area contributed by atoms with Crippen molar-refractivity contribution >= 4 is 41.1 Å². The molecule has 1 atom stereocenters. The number of hydrogen-bond donors (Lipinski definition) is 0. The first kappa shape index (κ1) is 22.4. The molecule has 8 nitrogen and oxygen atoms in total. The summed E-state index contributed by atoms with van der Waals surface area (Å²) < 4.78 is 52.3. The molecule has 0 aliphatic carbocycles. The zero-order valence-corrected chi connectivity index (χ0v) is 18.1. The molecule has 2 aromatic heterocycles. The summed E-state index contributed by atoms with van der Waals surface area (Å²) in [6.07, 6.45) is 2.60. The third-order valence-electron chi connectivity index (χ3n) is 4.37. The maximum Gasteiger partial charge on any atom is 0.640 e. The number of hydrogen-bond acceptors (Lipinski definition) is 8. The average Bonchev–Trinajstić information content (AvgIpc) is 3.24. The van der Waals surface area contributed by atoms with Crippen LogP contribution in [0.1, 0.15) is 15.2 Å². The molecule has 0 bridgehead atoms. The second-order valence-corrected chi connectivity index (χ2v) is 8.92. The number of esters is 1. The third kappa shape index (κ3) is 4.84. The molecule has 12 heteroatoms. The molecule has 0 aliphatic rings. The number of fused-ring (bicyclic) bond motifs is 1. The Kier molecular flexibility index (Phi) is 6.08. The van der Waals surface area contributed by atoms with Crippen LogP contribution in [0.15, 0.2) is 73.1 Å². The Morgan fingerprint density at radius 2 is 1.85 bits per heavy atom. The maximum atomic E-state index is 14.7. The summed E-state index contributed by atoms with van der Waals surface area (Å²) in [4.78, 5) is 26.4. The lowest BCUT2D eigenvalue weighted by molar-refractivity contribution is -0.384. The molecule has 0 radical (unpaired) electrons. The highest BCUT2D eigenvalue weighted by Crippen LogP contribution is 2.51. The lowest BCUT2D eigenvalue weighted by Crippen LogP contribution is -2.10. The standard InChI is InChI=1S/C21H12F2N2O6PS/c22-21(23,32(29)31-17-2-1-9-24-12-17)14-3-8-18-13(10-14)11-19(33-18)20(26)30-16-6-4-15(5-7-16)25(27)28/h1-12H/q+1. The fourth-order valence-corrected chi connectivity index (χ4v) is 4.47. The van der Waals surface area contributed by atoms with Crippen molar-refractivity contribution in [3.05, 3.63) is 93.6 Å². The first-order chi connectivity index (χ1) is 15.7. The van der Waals surface area contributed by atoms with Gasteiger partial charge in [-0.2, -0.15) is 0 Å². The Morgan fingerprint density at radius 3 is 2.52 bits per heavy atom. The SMILES string of the molecule is O=C(Oc1ccc([N+](=O)[O-])cc1)c1cc2cc(C(F)(F)[P+](=O)Oc3cccnc3)ccc2s1. The Hall–Kier alpha value is -3.82. The van der Waals surface area contributed by atoms with E-state index in [0.29, 0.717) is 10.1 Å². The fourth-order valence-electron chi connectivity index (χ4n) is 2.78. The van der Waals surface area contributed by atoms with Gasteiger partial charge in [-0.3, -0.25) is 15.1 Å². The molecule has 1 unspecified atom stereocenters. The first-order valence-corrected chi connectivity index (χ1v) is 11.2. The van der Waals surface area contributed by atoms with Crippen molar-refractivity contribution in [2.24, 2.45) is 0 Å². The second kappa shape index (κ2) is 8.97. The van der Waals surface area contributed by atoms with Crippen LogP contribution in [0.5, 0.6) is 11.5 Å². The van der Waals surface area contributed by atoms with Gasteiger partial charge in [-0.1, -0.05) is 0 Å². The summed E-state index contributed by atoms with van der Waals surface area (Å²) in [5.41, 5.74) is -4.48. The largest absolute Gasteiger partial charge is 0.640 e. The molecule has 0 spiro atoms. The predicted octanol–water partition coefficient (Wildman–Crippen LogP) is 6.29. The van der Waals surface area contributed by atoms with Crippen LogP contribution in [0.4, 0.5) is 14.5 Å². The molecule has 2 heterocycles. The number of nitro benzene ring substituents is 1. The lowest BCUT2D eigenvalue weighted by Gasteiger charge is -2.05. The molecular weight excluding hydrogens is 477 g/mol. The van der Waals surface area contributed by atoms with E-state index in [1.54, 1.807) is 0 Å². The Bertz CT molecular complexity index is 1360. The quantitative estimate of drug-likeness (QED) is 0.0986. The van der Waals surface area contributed by atoms with Crippen molar-refractivity contribution in [3.63, 3.8) is 0 Å². The van der Waals surface area contributed by atoms with Gasteiger partial charge in [0.2, 0.25) is 5.75 Å². The first-order valence-electron chi connectivity index (χ1n) is 9.18. The topological polar surface area (TPSA) is 109 Å². The number of carbonyl (C=O) groups is 1. The smallest absolute Gasteiger partial charge is 0.422 e. The van der Waals surface area contributed by atoms with E-state index in [1.165, 1.54) is 60.9 Å². The number of nitrogens with zero attached hydrogens (tertiary/aromatic N) is 2. The number of ether oxygens (including phenoxy) is 1. The normalized spacial score (nSPS) is 11.8. The van der Waals surface area contributed by atoms with E-state index in [4.69, 9.17) is 9.26 Å². The summed E-state index contributed by atoms with van der Waals surface area (Å²) in [6, 6.07) is 12.8. The Morgan fingerprint density at radius 1 is 1.09 bits per heavy atom. The summed E-state index contributed by atoms with van der Waals surface area (Å²) in [5, 5.41) is 11.0. The van der Waals surface area contributed by atoms with E-state index in [0.717, 1.165) is 23.5 Å². The molecule has 0 saturated heterocycles. The van der Waals surface area contributed by atoms with Gasteiger partial charge in [0.25, 0.3) is 5.69 Å². The van der Waals surface area contributed by atoms with Gasteiger partial charge in [0.15, 0.2) is 0 Å². The van der Waals surface area contributed by atoms with Crippen molar-refractivity contribution in [1.29, 1.82) is 0 Å². The zero-order chi connectivity index (χ0) is 23.6. The van der Waals surface area contributed by atoms with E-state index in [1.807, 2.05) is 0 Å². The van der Waals surface area contributed by atoms with Gasteiger partial charge < -0.3 is 4.74 Å². The van der Waals surface area contributed by atoms with Crippen LogP contribution in [-0.2, 0) is 10.2 Å². The minimum Gasteiger partial charge on any atom is -0.422 e. The Labute approximate surface area is 189 Å². The number of pyridine rings is 1. The van der Waals surface area contributed by atoms with Crippen LogP contribution < -0.4 is 9.26 Å². The molecule has 0 N–H and O–H groups in total. The van der Waals surface area contributed by atoms with Crippen LogP contribution in [0.2, 0.25) is 0 Å². The van der Waals surface area contributed by atoms with Crippen LogP contribution in [0.25, 0.3) is 10.1 Å². The molecule has 0 aliphatic heterocycles. The van der Waals surface area contributed by atoms with Crippen molar-refractivity contribution < 1.29 is 32.3 Å². The van der Waals surface area contributed by atoms with Crippen molar-refractivity contribution in [1.82, 2.24) is 4.98 Å². The number of alkyl halides is 2. The van der Waals surface area contributed by atoms with Gasteiger partial charge in [0.1, 0.15) is 10.6 Å². The van der Waals surface area contributed by atoms with Gasteiger partial charge in [-0.25, -0.2) is 9.32 Å². The number of aromatic nitrogens is 1. The third-order valence-corrected chi connectivity index (χ3v) is 6.56. The number of rotatable bonds is 7. The van der Waals surface area contributed by atoms with Crippen LogP contribution >= 0.6 is 19.4 Å². The van der Waals surface area contributed by atoms with Crippen LogP contribution in [-0.4, -0.2) is 15.9 Å². The molecule has 33 heavy (non-hydrogen) atoms. The highest BCUT2D eigenvalue weighted by molar-refractivity contribution is 7.40. The fraction of sp³-hybridized carbons (Fsp3) is 0.0476. The Balaban J connectivity index is 1.53. The van der Waals surface area contributed by atoms with Gasteiger partial charge >= 0.3 is 19.7 Å². The van der Waals surface area contributed by atoms with E-state index in [2.05, 4.69) is 4.98 Å². The molecule has 4 rings (SSSR count). The van der Waals surface area contributed by atoms with Gasteiger partial charge in [-0.05, 0) is 58.5 Å². The summed E-state index contributed by atoms with van der Waals surface area (Å²) in [7, 11) is -3.44. The zero-order valence-electron chi connectivity index (χ0n) is 16.4. The average molecular weight is 489 g/mol. The molecule has 166 valence electrons. The highest BCUT2D eigenvalue weighted by Gasteiger charge is 2.57. The molecule has 0 amide bonds. The lowest BCUT2D eigenvalue weighted by atomic mass is 10.1. The van der Waals surface area contributed by atoms with Gasteiger partial charge in [0, 0.05) is 23.0 Å². The van der Waals surface area contributed by atoms with E-state index < -0.39 is 30.1 Å². The minimum atomic E-state index is -3.79. The molecule has 4 aromatic rings. The second-order valence-electron chi connectivity index (χ2n) is 6.58. The van der Waals surface area contributed by atoms with E-state index in [-0.39, 0.29) is 22.1 Å². The van der Waals surface area contributed by atoms with Crippen LogP contribution in [0.3, 0.4) is 0 Å². The van der Waals surface area contributed by atoms with E-state index in [9.17, 15) is 28.3 Å². The van der Waals surface area contributed by atoms with Crippen molar-refractivity contribution in [2.75, 3.05) is 0 Å². The maximum absolute atomic E-state index is 14.7. The van der Waals surface area contributed by atoms with Gasteiger partial charge in [0.05, 0.1) is 16.7 Å². The molecule has 0 fully saturated rings. The highest BCUT2D eigenvalue weighted by atomic mass is 32.1. The number of benzene rings is 2. The van der Waals surface area contributed by atoms with Crippen molar-refractivity contribution in [2.45, 2.75) is 5.66 Å². The van der Waals surface area contributed by atoms with Crippen molar-refractivity contribution in [3.8, 4) is 11.5 Å². The molecular formula is C21H12F2N2O6PS+. The van der Waals surface area contributed by atoms with Gasteiger partial charge in [-0.15, -0.1) is 20.1 Å². The van der Waals surface area contributed by atoms with Crippen LogP contribution in [0, 0.1) is 10.1 Å².